The average Bonchev–Trinajstić information content (AvgIpc) is 3.52. The molecule has 2 aliphatic rings. The van der Waals surface area contributed by atoms with Crippen LogP contribution in [0, 0.1) is 11.8 Å². The number of nitrogens with one attached hydrogen (secondary N) is 1. The predicted octanol–water partition coefficient (Wildman–Crippen LogP) is 3.08. The SMILES string of the molecule is COC(=O)[C@]1(Cc2ccccc2)N[C@H](CN(C)C(=O)COc2ccccc2)[C@@H]2C(=O)N(Cc3ccccc3)C(=O)[C@@H]21.O=C(O)C(F)(F)F. The standard InChI is InChI=1S/C32H33N3O6.C2HF3O2/c1-34(26(36)21-41-24-16-10-5-11-17-24)20-25-27-28(30(38)35(29(27)37)19-23-14-8-4-9-15-23)32(33-25,31(39)40-2)18-22-12-6-3-7-13-22;3-2(4,5)1(6)7/h3-17,25,27-28,33H,18-21H2,1-2H3;(H,6,7)/t25-,27+,28-,32-;/m1./s1. The van der Waals surface area contributed by atoms with E-state index in [0.717, 1.165) is 11.1 Å². The number of alkyl halides is 3. The van der Waals surface area contributed by atoms with Crippen molar-refractivity contribution in [2.75, 3.05) is 27.3 Å². The minimum atomic E-state index is -5.08. The van der Waals surface area contributed by atoms with Crippen LogP contribution in [0.1, 0.15) is 11.1 Å². The van der Waals surface area contributed by atoms with Gasteiger partial charge in [0.15, 0.2) is 6.61 Å². The van der Waals surface area contributed by atoms with Crippen molar-refractivity contribution in [1.29, 1.82) is 0 Å². The summed E-state index contributed by atoms with van der Waals surface area (Å²) in [6, 6.07) is 26.9. The molecule has 2 aliphatic heterocycles. The number of ether oxygens (including phenoxy) is 2. The molecule has 48 heavy (non-hydrogen) atoms. The lowest BCUT2D eigenvalue weighted by Gasteiger charge is -2.33. The van der Waals surface area contributed by atoms with E-state index in [1.807, 2.05) is 78.9 Å². The number of rotatable bonds is 10. The second-order valence-electron chi connectivity index (χ2n) is 11.3. The van der Waals surface area contributed by atoms with Crippen molar-refractivity contribution in [3.63, 3.8) is 0 Å². The van der Waals surface area contributed by atoms with Crippen LogP contribution in [0.2, 0.25) is 0 Å². The van der Waals surface area contributed by atoms with Crippen LogP contribution in [0.4, 0.5) is 13.2 Å². The third kappa shape index (κ3) is 8.00. The summed E-state index contributed by atoms with van der Waals surface area (Å²) in [6.07, 6.45) is -4.94. The van der Waals surface area contributed by atoms with Gasteiger partial charge in [-0.05, 0) is 23.3 Å². The molecule has 2 N–H and O–H groups in total. The number of hydrogen-bond acceptors (Lipinski definition) is 8. The molecule has 5 rings (SSSR count). The summed E-state index contributed by atoms with van der Waals surface area (Å²) >= 11 is 0. The van der Waals surface area contributed by atoms with Gasteiger partial charge in [-0.1, -0.05) is 78.9 Å². The number of imide groups is 1. The van der Waals surface area contributed by atoms with Crippen molar-refractivity contribution in [2.45, 2.75) is 30.7 Å². The van der Waals surface area contributed by atoms with E-state index in [0.29, 0.717) is 5.75 Å². The first-order valence-electron chi connectivity index (χ1n) is 14.8. The summed E-state index contributed by atoms with van der Waals surface area (Å²) in [4.78, 5) is 66.1. The zero-order valence-corrected chi connectivity index (χ0v) is 26.1. The number of carboxylic acids is 1. The molecule has 0 radical (unpaired) electrons. The van der Waals surface area contributed by atoms with E-state index in [1.165, 1.54) is 16.9 Å². The Morgan fingerprint density at radius 2 is 1.42 bits per heavy atom. The van der Waals surface area contributed by atoms with Crippen LogP contribution in [-0.4, -0.2) is 89.6 Å². The van der Waals surface area contributed by atoms with Gasteiger partial charge in [0.1, 0.15) is 11.3 Å². The predicted molar refractivity (Wildman–Crippen MR) is 164 cm³/mol. The van der Waals surface area contributed by atoms with Crippen LogP contribution in [-0.2, 0) is 41.7 Å². The number of carbonyl (C=O) groups excluding carboxylic acids is 4. The van der Waals surface area contributed by atoms with Gasteiger partial charge in [0.05, 0.1) is 25.5 Å². The van der Waals surface area contributed by atoms with E-state index in [9.17, 15) is 32.3 Å². The first kappa shape index (κ1) is 35.6. The molecule has 0 saturated carbocycles. The van der Waals surface area contributed by atoms with Crippen molar-refractivity contribution in [3.05, 3.63) is 102 Å². The number of likely N-dealkylation sites (N-methyl/N-ethyl adjacent to an activating group) is 1. The topological polar surface area (TPSA) is 143 Å². The van der Waals surface area contributed by atoms with E-state index in [1.54, 1.807) is 19.2 Å². The van der Waals surface area contributed by atoms with E-state index >= 15 is 0 Å². The Morgan fingerprint density at radius 3 is 1.94 bits per heavy atom. The van der Waals surface area contributed by atoms with Crippen LogP contribution >= 0.6 is 0 Å². The third-order valence-corrected chi connectivity index (χ3v) is 8.15. The maximum absolute atomic E-state index is 14.0. The number of nitrogens with zero attached hydrogens (tertiary/aromatic N) is 2. The van der Waals surface area contributed by atoms with Gasteiger partial charge >= 0.3 is 18.1 Å². The molecule has 2 saturated heterocycles. The fraction of sp³-hybridized carbons (Fsp3) is 0.324. The van der Waals surface area contributed by atoms with Crippen LogP contribution in [0.25, 0.3) is 0 Å². The van der Waals surface area contributed by atoms with Crippen molar-refractivity contribution in [1.82, 2.24) is 15.1 Å². The Bertz CT molecular complexity index is 1610. The molecular weight excluding hydrogens is 635 g/mol. The minimum Gasteiger partial charge on any atom is -0.484 e. The Balaban J connectivity index is 0.000000671. The van der Waals surface area contributed by atoms with Gasteiger partial charge < -0.3 is 19.5 Å². The second kappa shape index (κ2) is 15.1. The maximum atomic E-state index is 14.0. The highest BCUT2D eigenvalue weighted by Gasteiger charge is 2.68. The van der Waals surface area contributed by atoms with Gasteiger partial charge in [-0.25, -0.2) is 4.79 Å². The Hall–Kier alpha value is -5.24. The molecule has 0 aliphatic carbocycles. The van der Waals surface area contributed by atoms with Gasteiger partial charge in [-0.2, -0.15) is 13.2 Å². The molecule has 14 heteroatoms. The van der Waals surface area contributed by atoms with Gasteiger partial charge in [-0.15, -0.1) is 0 Å². The first-order valence-corrected chi connectivity index (χ1v) is 14.8. The van der Waals surface area contributed by atoms with Crippen LogP contribution in [0.3, 0.4) is 0 Å². The molecule has 0 unspecified atom stereocenters. The lowest BCUT2D eigenvalue weighted by molar-refractivity contribution is -0.192. The summed E-state index contributed by atoms with van der Waals surface area (Å²) in [7, 11) is 2.89. The number of esters is 1. The van der Waals surface area contributed by atoms with Gasteiger partial charge in [0, 0.05) is 26.1 Å². The van der Waals surface area contributed by atoms with E-state index in [-0.39, 0.29) is 37.9 Å². The third-order valence-electron chi connectivity index (χ3n) is 8.15. The summed E-state index contributed by atoms with van der Waals surface area (Å²) in [5.41, 5.74) is 0.122. The number of benzene rings is 3. The fourth-order valence-corrected chi connectivity index (χ4v) is 5.95. The number of halogens is 3. The summed E-state index contributed by atoms with van der Waals surface area (Å²) in [5.74, 6) is -5.78. The number of para-hydroxylation sites is 1. The Kier molecular flexibility index (Phi) is 11.2. The molecule has 3 amide bonds. The van der Waals surface area contributed by atoms with E-state index in [2.05, 4.69) is 5.32 Å². The number of likely N-dealkylation sites (tertiary alicyclic amines) is 1. The number of amides is 3. The monoisotopic (exact) mass is 669 g/mol. The number of fused-ring (bicyclic) bond motifs is 1. The zero-order valence-electron chi connectivity index (χ0n) is 26.1. The van der Waals surface area contributed by atoms with Gasteiger partial charge in [0.2, 0.25) is 11.8 Å². The highest BCUT2D eigenvalue weighted by Crippen LogP contribution is 2.45. The molecule has 4 atom stereocenters. The van der Waals surface area contributed by atoms with E-state index in [4.69, 9.17) is 19.4 Å². The lowest BCUT2D eigenvalue weighted by Crippen LogP contribution is -2.59. The van der Waals surface area contributed by atoms with Crippen LogP contribution in [0.15, 0.2) is 91.0 Å². The van der Waals surface area contributed by atoms with Crippen LogP contribution < -0.4 is 10.1 Å². The fourth-order valence-electron chi connectivity index (χ4n) is 5.95. The normalized spacial score (nSPS) is 21.5. The molecule has 3 aromatic rings. The molecule has 0 aromatic heterocycles. The maximum Gasteiger partial charge on any atom is 0.490 e. The molecular formula is C34H34F3N3O8. The minimum absolute atomic E-state index is 0.0872. The van der Waals surface area contributed by atoms with E-state index < -0.39 is 47.4 Å². The van der Waals surface area contributed by atoms with Gasteiger partial charge in [0.25, 0.3) is 5.91 Å². The molecule has 254 valence electrons. The number of carboxylic acid groups (broad SMARTS) is 1. The summed E-state index contributed by atoms with van der Waals surface area (Å²) in [5, 5.41) is 10.5. The first-order chi connectivity index (χ1) is 22.8. The number of hydrogen-bond donors (Lipinski definition) is 2. The molecule has 0 spiro atoms. The lowest BCUT2D eigenvalue weighted by atomic mass is 9.76. The van der Waals surface area contributed by atoms with Gasteiger partial charge in [-0.3, -0.25) is 29.4 Å². The number of methoxy groups -OCH3 is 1. The highest BCUT2D eigenvalue weighted by atomic mass is 19.4. The molecule has 2 heterocycles. The summed E-state index contributed by atoms with van der Waals surface area (Å²) in [6.45, 7) is -0.00905. The highest BCUT2D eigenvalue weighted by molar-refractivity contribution is 6.09. The Labute approximate surface area is 274 Å². The number of aliphatic carboxylic acids is 1. The second-order valence-corrected chi connectivity index (χ2v) is 11.3. The van der Waals surface area contributed by atoms with Crippen molar-refractivity contribution >= 4 is 29.7 Å². The van der Waals surface area contributed by atoms with Crippen molar-refractivity contribution < 1.29 is 51.7 Å². The number of carbonyl (C=O) groups is 5. The summed E-state index contributed by atoms with van der Waals surface area (Å²) < 4.78 is 42.6. The quantitative estimate of drug-likeness (QED) is 0.246. The average molecular weight is 670 g/mol. The molecule has 3 aromatic carbocycles. The molecule has 2 fully saturated rings. The molecule has 0 bridgehead atoms. The van der Waals surface area contributed by atoms with Crippen LogP contribution in [0.5, 0.6) is 5.75 Å². The van der Waals surface area contributed by atoms with Crippen molar-refractivity contribution in [3.8, 4) is 5.75 Å². The largest absolute Gasteiger partial charge is 0.490 e. The van der Waals surface area contributed by atoms with Crippen molar-refractivity contribution in [2.24, 2.45) is 11.8 Å². The smallest absolute Gasteiger partial charge is 0.484 e. The Morgan fingerprint density at radius 1 is 0.896 bits per heavy atom. The molecule has 11 nitrogen and oxygen atoms in total. The zero-order chi connectivity index (χ0) is 35.1.